The number of rotatable bonds is 8. The first-order valence-corrected chi connectivity index (χ1v) is 9.68. The van der Waals surface area contributed by atoms with Crippen molar-refractivity contribution in [2.24, 2.45) is 0 Å². The van der Waals surface area contributed by atoms with Gasteiger partial charge in [-0.1, -0.05) is 35.9 Å². The molecule has 0 fully saturated rings. The number of unbranched alkanes of at least 4 members (excludes halogenated alkanes) is 1. The van der Waals surface area contributed by atoms with Crippen molar-refractivity contribution in [1.82, 2.24) is 20.2 Å². The van der Waals surface area contributed by atoms with Gasteiger partial charge in [-0.15, -0.1) is 0 Å². The fourth-order valence-electron chi connectivity index (χ4n) is 3.01. The first-order valence-electron chi connectivity index (χ1n) is 9.30. The highest BCUT2D eigenvalue weighted by molar-refractivity contribution is 6.33. The van der Waals surface area contributed by atoms with Crippen LogP contribution in [0.25, 0.3) is 22.3 Å². The molecule has 0 saturated heterocycles. The van der Waals surface area contributed by atoms with E-state index in [1.807, 2.05) is 54.6 Å². The Kier molecular flexibility index (Phi) is 5.68. The van der Waals surface area contributed by atoms with Gasteiger partial charge < -0.3 is 10.6 Å². The molecule has 3 N–H and O–H groups in total. The van der Waals surface area contributed by atoms with Crippen LogP contribution in [-0.4, -0.2) is 33.3 Å². The van der Waals surface area contributed by atoms with Gasteiger partial charge >= 0.3 is 0 Å². The first-order chi connectivity index (χ1) is 13.8. The van der Waals surface area contributed by atoms with Crippen LogP contribution in [0.5, 0.6) is 0 Å². The Hall–Kier alpha value is -3.12. The second-order valence-electron chi connectivity index (χ2n) is 6.42. The summed E-state index contributed by atoms with van der Waals surface area (Å²) in [6.45, 7) is 1.72. The van der Waals surface area contributed by atoms with Gasteiger partial charge in [0.05, 0.1) is 16.7 Å². The van der Waals surface area contributed by atoms with E-state index in [0.29, 0.717) is 10.8 Å². The van der Waals surface area contributed by atoms with E-state index in [0.717, 1.165) is 54.0 Å². The third-order valence-electron chi connectivity index (χ3n) is 4.43. The molecule has 2 aromatic heterocycles. The van der Waals surface area contributed by atoms with E-state index in [1.165, 1.54) is 0 Å². The molecule has 4 rings (SSSR count). The van der Waals surface area contributed by atoms with Gasteiger partial charge in [-0.05, 0) is 43.2 Å². The molecule has 0 radical (unpaired) electrons. The zero-order valence-electron chi connectivity index (χ0n) is 15.3. The summed E-state index contributed by atoms with van der Waals surface area (Å²) in [4.78, 5) is 9.45. The molecule has 28 heavy (non-hydrogen) atoms. The van der Waals surface area contributed by atoms with Crippen LogP contribution in [0.15, 0.2) is 60.8 Å². The molecular weight excluding hydrogens is 372 g/mol. The highest BCUT2D eigenvalue weighted by Crippen LogP contribution is 2.29. The fourth-order valence-corrected chi connectivity index (χ4v) is 3.23. The maximum absolute atomic E-state index is 6.35. The Balaban J connectivity index is 1.45. The lowest BCUT2D eigenvalue weighted by Gasteiger charge is -2.12. The fraction of sp³-hybridized carbons (Fsp3) is 0.190. The number of hydrogen-bond donors (Lipinski definition) is 3. The van der Waals surface area contributed by atoms with E-state index >= 15 is 0 Å². The van der Waals surface area contributed by atoms with Crippen molar-refractivity contribution in [3.8, 4) is 11.4 Å². The van der Waals surface area contributed by atoms with Crippen molar-refractivity contribution in [3.05, 3.63) is 65.8 Å². The number of halogens is 1. The predicted octanol–water partition coefficient (Wildman–Crippen LogP) is 4.98. The van der Waals surface area contributed by atoms with Crippen molar-refractivity contribution in [2.75, 3.05) is 23.7 Å². The van der Waals surface area contributed by atoms with Gasteiger partial charge in [0.25, 0.3) is 0 Å². The lowest BCUT2D eigenvalue weighted by atomic mass is 10.2. The number of anilines is 2. The van der Waals surface area contributed by atoms with Crippen LogP contribution in [0, 0.1) is 0 Å². The molecule has 0 aliphatic rings. The number of aromatic nitrogens is 4. The van der Waals surface area contributed by atoms with Crippen LogP contribution < -0.4 is 10.6 Å². The first kappa shape index (κ1) is 18.3. The van der Waals surface area contributed by atoms with Gasteiger partial charge in [0.2, 0.25) is 0 Å². The molecule has 0 unspecified atom stereocenters. The minimum absolute atomic E-state index is 0.632. The average molecular weight is 393 g/mol. The highest BCUT2D eigenvalue weighted by Gasteiger charge is 2.11. The number of fused-ring (bicyclic) bond motifs is 1. The summed E-state index contributed by atoms with van der Waals surface area (Å²) in [5, 5.41) is 15.2. The summed E-state index contributed by atoms with van der Waals surface area (Å²) in [5.41, 5.74) is 1.73. The van der Waals surface area contributed by atoms with Gasteiger partial charge in [-0.3, -0.25) is 5.10 Å². The highest BCUT2D eigenvalue weighted by atomic mass is 35.5. The van der Waals surface area contributed by atoms with Crippen LogP contribution >= 0.6 is 11.6 Å². The summed E-state index contributed by atoms with van der Waals surface area (Å²) in [6, 6.07) is 17.6. The van der Waals surface area contributed by atoms with E-state index in [1.54, 1.807) is 6.20 Å². The maximum atomic E-state index is 6.35. The molecule has 0 atom stereocenters. The van der Waals surface area contributed by atoms with Crippen LogP contribution in [0.2, 0.25) is 5.02 Å². The van der Waals surface area contributed by atoms with Crippen molar-refractivity contribution >= 4 is 34.1 Å². The number of benzene rings is 2. The monoisotopic (exact) mass is 392 g/mol. The Morgan fingerprint density at radius 1 is 0.857 bits per heavy atom. The minimum atomic E-state index is 0.632. The van der Waals surface area contributed by atoms with Gasteiger partial charge in [0.1, 0.15) is 11.6 Å². The Bertz CT molecular complexity index is 1050. The molecule has 0 spiro atoms. The SMILES string of the molecule is Clc1ccccc1-c1nc(NCCCCNc2ccn[nH]2)c2ccccc2n1. The maximum Gasteiger partial charge on any atom is 0.163 e. The zero-order valence-corrected chi connectivity index (χ0v) is 16.1. The normalized spacial score (nSPS) is 10.9. The van der Waals surface area contributed by atoms with E-state index in [-0.39, 0.29) is 0 Å². The van der Waals surface area contributed by atoms with Gasteiger partial charge in [0, 0.05) is 24.0 Å². The lowest BCUT2D eigenvalue weighted by Crippen LogP contribution is -2.08. The van der Waals surface area contributed by atoms with Gasteiger partial charge in [-0.25, -0.2) is 9.97 Å². The second-order valence-corrected chi connectivity index (χ2v) is 6.83. The van der Waals surface area contributed by atoms with Crippen LogP contribution in [0.1, 0.15) is 12.8 Å². The summed E-state index contributed by atoms with van der Waals surface area (Å²) in [7, 11) is 0. The van der Waals surface area contributed by atoms with Crippen molar-refractivity contribution in [2.45, 2.75) is 12.8 Å². The molecule has 0 saturated carbocycles. The van der Waals surface area contributed by atoms with Crippen LogP contribution in [0.3, 0.4) is 0 Å². The number of para-hydroxylation sites is 1. The summed E-state index contributed by atoms with van der Waals surface area (Å²) in [5.74, 6) is 2.41. The molecule has 2 heterocycles. The topological polar surface area (TPSA) is 78.5 Å². The molecule has 0 bridgehead atoms. The molecular formula is C21H21ClN6. The lowest BCUT2D eigenvalue weighted by molar-refractivity contribution is 0.791. The largest absolute Gasteiger partial charge is 0.370 e. The third kappa shape index (κ3) is 4.23. The molecule has 142 valence electrons. The Morgan fingerprint density at radius 3 is 2.46 bits per heavy atom. The standard InChI is InChI=1S/C21H21ClN6/c22-17-9-3-1-7-15(17)21-26-18-10-4-2-8-16(18)20(27-21)24-13-6-5-12-23-19-11-14-25-28-19/h1-4,7-11,14H,5-6,12-13H2,(H2,23,25,28)(H,24,26,27). The summed E-state index contributed by atoms with van der Waals surface area (Å²) in [6.07, 6.45) is 3.79. The number of nitrogens with zero attached hydrogens (tertiary/aromatic N) is 3. The smallest absolute Gasteiger partial charge is 0.163 e. The number of nitrogens with one attached hydrogen (secondary N) is 3. The molecule has 7 heteroatoms. The van der Waals surface area contributed by atoms with Crippen LogP contribution in [0.4, 0.5) is 11.6 Å². The number of hydrogen-bond acceptors (Lipinski definition) is 5. The van der Waals surface area contributed by atoms with Crippen molar-refractivity contribution in [3.63, 3.8) is 0 Å². The number of aromatic amines is 1. The third-order valence-corrected chi connectivity index (χ3v) is 4.76. The quantitative estimate of drug-likeness (QED) is 0.369. The summed E-state index contributed by atoms with van der Waals surface area (Å²) < 4.78 is 0. The van der Waals surface area contributed by atoms with E-state index in [4.69, 9.17) is 21.6 Å². The van der Waals surface area contributed by atoms with Crippen molar-refractivity contribution in [1.29, 1.82) is 0 Å². The molecule has 4 aromatic rings. The Morgan fingerprint density at radius 2 is 1.64 bits per heavy atom. The summed E-state index contributed by atoms with van der Waals surface area (Å²) >= 11 is 6.35. The van der Waals surface area contributed by atoms with Gasteiger partial charge in [0.15, 0.2) is 5.82 Å². The minimum Gasteiger partial charge on any atom is -0.370 e. The van der Waals surface area contributed by atoms with Gasteiger partial charge in [-0.2, -0.15) is 5.10 Å². The predicted molar refractivity (Wildman–Crippen MR) is 115 cm³/mol. The van der Waals surface area contributed by atoms with E-state index < -0.39 is 0 Å². The number of H-pyrrole nitrogens is 1. The zero-order chi connectivity index (χ0) is 19.2. The van der Waals surface area contributed by atoms with Crippen molar-refractivity contribution < 1.29 is 0 Å². The Labute approximate surface area is 168 Å². The van der Waals surface area contributed by atoms with Crippen LogP contribution in [-0.2, 0) is 0 Å². The average Bonchev–Trinajstić information content (AvgIpc) is 3.24. The van der Waals surface area contributed by atoms with E-state index in [2.05, 4.69) is 20.8 Å². The molecule has 2 aromatic carbocycles. The molecule has 0 amide bonds. The molecule has 0 aliphatic heterocycles. The molecule has 6 nitrogen and oxygen atoms in total. The van der Waals surface area contributed by atoms with E-state index in [9.17, 15) is 0 Å². The molecule has 0 aliphatic carbocycles. The second kappa shape index (κ2) is 8.71.